The van der Waals surface area contributed by atoms with Gasteiger partial charge in [0.15, 0.2) is 5.43 Å². The molecule has 0 spiro atoms. The Bertz CT molecular complexity index is 1400. The van der Waals surface area contributed by atoms with Crippen LogP contribution in [0.3, 0.4) is 0 Å². The van der Waals surface area contributed by atoms with Crippen LogP contribution in [-0.2, 0) is 6.54 Å². The van der Waals surface area contributed by atoms with Crippen LogP contribution in [0.4, 0.5) is 4.39 Å². The molecule has 1 aliphatic heterocycles. The van der Waals surface area contributed by atoms with E-state index in [0.29, 0.717) is 21.6 Å². The first kappa shape index (κ1) is 20.0. The standard InChI is InChI=1S/C24H14BrClFNO3/c25-15-6-9-19-18(11-15)22(29)20-21(14-2-1-3-16(26)10-14)28(24(30)23(20)31-19)12-13-4-7-17(27)8-5-13/h1-11,21H,12H2/t21-/m1/s1. The molecule has 1 aliphatic rings. The van der Waals surface area contributed by atoms with Crippen LogP contribution in [0.5, 0.6) is 0 Å². The highest BCUT2D eigenvalue weighted by atomic mass is 79.9. The molecule has 0 radical (unpaired) electrons. The lowest BCUT2D eigenvalue weighted by Gasteiger charge is -2.25. The number of hydrogen-bond acceptors (Lipinski definition) is 3. The van der Waals surface area contributed by atoms with Crippen molar-refractivity contribution < 1.29 is 13.6 Å². The van der Waals surface area contributed by atoms with Crippen LogP contribution in [-0.4, -0.2) is 10.8 Å². The molecule has 0 saturated carbocycles. The van der Waals surface area contributed by atoms with Gasteiger partial charge >= 0.3 is 0 Å². The quantitative estimate of drug-likeness (QED) is 0.343. The number of benzene rings is 3. The lowest BCUT2D eigenvalue weighted by molar-refractivity contribution is 0.0714. The Morgan fingerprint density at radius 3 is 2.55 bits per heavy atom. The van der Waals surface area contributed by atoms with Gasteiger partial charge in [-0.3, -0.25) is 9.59 Å². The van der Waals surface area contributed by atoms with Gasteiger partial charge in [0, 0.05) is 16.0 Å². The lowest BCUT2D eigenvalue weighted by Crippen LogP contribution is -2.29. The summed E-state index contributed by atoms with van der Waals surface area (Å²) in [6.45, 7) is 0.181. The Morgan fingerprint density at radius 1 is 1.03 bits per heavy atom. The molecule has 2 heterocycles. The van der Waals surface area contributed by atoms with E-state index >= 15 is 0 Å². The van der Waals surface area contributed by atoms with E-state index in [4.69, 9.17) is 16.0 Å². The van der Waals surface area contributed by atoms with Crippen molar-refractivity contribution in [3.63, 3.8) is 0 Å². The summed E-state index contributed by atoms with van der Waals surface area (Å²) < 4.78 is 20.0. The van der Waals surface area contributed by atoms with Crippen LogP contribution in [0.2, 0.25) is 5.02 Å². The first-order valence-corrected chi connectivity index (χ1v) is 10.7. The summed E-state index contributed by atoms with van der Waals surface area (Å²) >= 11 is 9.60. The summed E-state index contributed by atoms with van der Waals surface area (Å²) in [4.78, 5) is 28.4. The second-order valence-corrected chi connectivity index (χ2v) is 8.68. The maximum Gasteiger partial charge on any atom is 0.291 e. The largest absolute Gasteiger partial charge is 0.450 e. The normalized spacial score (nSPS) is 15.5. The van der Waals surface area contributed by atoms with Crippen LogP contribution in [0.15, 0.2) is 80.4 Å². The number of carbonyl (C=O) groups excluding carboxylic acids is 1. The van der Waals surface area contributed by atoms with E-state index in [0.717, 1.165) is 10.0 Å². The summed E-state index contributed by atoms with van der Waals surface area (Å²) in [6, 6.07) is 17.4. The summed E-state index contributed by atoms with van der Waals surface area (Å²) in [5, 5.41) is 0.879. The number of carbonyl (C=O) groups is 1. The number of fused-ring (bicyclic) bond motifs is 2. The Morgan fingerprint density at radius 2 is 1.81 bits per heavy atom. The van der Waals surface area contributed by atoms with Crippen molar-refractivity contribution in [2.24, 2.45) is 0 Å². The van der Waals surface area contributed by atoms with Crippen LogP contribution in [0, 0.1) is 5.82 Å². The maximum atomic E-state index is 13.5. The van der Waals surface area contributed by atoms with Crippen molar-refractivity contribution in [2.45, 2.75) is 12.6 Å². The zero-order valence-electron chi connectivity index (χ0n) is 15.9. The maximum absolute atomic E-state index is 13.5. The van der Waals surface area contributed by atoms with E-state index < -0.39 is 11.9 Å². The van der Waals surface area contributed by atoms with Crippen molar-refractivity contribution in [1.82, 2.24) is 4.90 Å². The van der Waals surface area contributed by atoms with E-state index in [1.165, 1.54) is 12.1 Å². The third kappa shape index (κ3) is 3.46. The van der Waals surface area contributed by atoms with Crippen molar-refractivity contribution in [3.05, 3.63) is 115 Å². The average Bonchev–Trinajstić information content (AvgIpc) is 3.02. The lowest BCUT2D eigenvalue weighted by atomic mass is 9.98. The third-order valence-electron chi connectivity index (χ3n) is 5.36. The van der Waals surface area contributed by atoms with Crippen LogP contribution >= 0.6 is 27.5 Å². The molecule has 0 saturated heterocycles. The zero-order chi connectivity index (χ0) is 21.7. The van der Waals surface area contributed by atoms with E-state index in [2.05, 4.69) is 15.9 Å². The minimum absolute atomic E-state index is 0.0203. The smallest absolute Gasteiger partial charge is 0.291 e. The predicted octanol–water partition coefficient (Wildman–Crippen LogP) is 6.09. The molecule has 4 nitrogen and oxygen atoms in total. The molecule has 31 heavy (non-hydrogen) atoms. The molecule has 3 aromatic carbocycles. The highest BCUT2D eigenvalue weighted by Crippen LogP contribution is 2.39. The molecule has 1 amide bonds. The van der Waals surface area contributed by atoms with E-state index in [1.807, 2.05) is 6.07 Å². The molecule has 0 bridgehead atoms. The molecule has 154 valence electrons. The molecule has 0 unspecified atom stereocenters. The fraction of sp³-hybridized carbons (Fsp3) is 0.0833. The number of amides is 1. The summed E-state index contributed by atoms with van der Waals surface area (Å²) in [7, 11) is 0. The minimum atomic E-state index is -0.675. The van der Waals surface area contributed by atoms with Gasteiger partial charge in [0.1, 0.15) is 11.4 Å². The summed E-state index contributed by atoms with van der Waals surface area (Å²) in [5.41, 5.74) is 1.78. The number of halogens is 3. The van der Waals surface area contributed by atoms with Crippen molar-refractivity contribution in [2.75, 3.05) is 0 Å². The molecular formula is C24H14BrClFNO3. The zero-order valence-corrected chi connectivity index (χ0v) is 18.3. The highest BCUT2D eigenvalue weighted by Gasteiger charge is 2.42. The molecule has 1 atom stereocenters. The first-order valence-electron chi connectivity index (χ1n) is 9.49. The van der Waals surface area contributed by atoms with Gasteiger partial charge in [0.2, 0.25) is 5.76 Å². The van der Waals surface area contributed by atoms with Gasteiger partial charge < -0.3 is 9.32 Å². The molecule has 0 aliphatic carbocycles. The van der Waals surface area contributed by atoms with Crippen molar-refractivity contribution in [3.8, 4) is 0 Å². The monoisotopic (exact) mass is 497 g/mol. The van der Waals surface area contributed by atoms with E-state index in [9.17, 15) is 14.0 Å². The Hall–Kier alpha value is -2.96. The molecule has 0 fully saturated rings. The second kappa shape index (κ2) is 7.62. The Kier molecular flexibility index (Phi) is 4.91. The first-order chi connectivity index (χ1) is 14.9. The molecular weight excluding hydrogens is 485 g/mol. The topological polar surface area (TPSA) is 50.5 Å². The molecule has 5 rings (SSSR count). The molecule has 1 aromatic heterocycles. The van der Waals surface area contributed by atoms with E-state index in [-0.39, 0.29) is 29.1 Å². The molecule has 7 heteroatoms. The Labute approximate surface area is 190 Å². The van der Waals surface area contributed by atoms with Gasteiger partial charge in [0.25, 0.3) is 5.91 Å². The fourth-order valence-electron chi connectivity index (χ4n) is 3.97. The second-order valence-electron chi connectivity index (χ2n) is 7.33. The molecule has 4 aromatic rings. The number of hydrogen-bond donors (Lipinski definition) is 0. The highest BCUT2D eigenvalue weighted by molar-refractivity contribution is 9.10. The fourth-order valence-corrected chi connectivity index (χ4v) is 4.53. The number of rotatable bonds is 3. The molecule has 0 N–H and O–H groups in total. The van der Waals surface area contributed by atoms with Gasteiger partial charge in [-0.1, -0.05) is 51.8 Å². The van der Waals surface area contributed by atoms with Gasteiger partial charge in [0.05, 0.1) is 17.0 Å². The van der Waals surface area contributed by atoms with E-state index in [1.54, 1.807) is 53.4 Å². The van der Waals surface area contributed by atoms with Gasteiger partial charge in [-0.25, -0.2) is 4.39 Å². The summed E-state index contributed by atoms with van der Waals surface area (Å²) in [6.07, 6.45) is 0. The minimum Gasteiger partial charge on any atom is -0.450 e. The Balaban J connectivity index is 1.73. The average molecular weight is 499 g/mol. The number of nitrogens with zero attached hydrogens (tertiary/aromatic N) is 1. The third-order valence-corrected chi connectivity index (χ3v) is 6.09. The van der Waals surface area contributed by atoms with Crippen LogP contribution in [0.1, 0.15) is 33.3 Å². The van der Waals surface area contributed by atoms with Crippen LogP contribution < -0.4 is 5.43 Å². The van der Waals surface area contributed by atoms with Gasteiger partial charge in [-0.05, 0) is 53.6 Å². The van der Waals surface area contributed by atoms with Crippen molar-refractivity contribution >= 4 is 44.4 Å². The van der Waals surface area contributed by atoms with Crippen molar-refractivity contribution in [1.29, 1.82) is 0 Å². The SMILES string of the molecule is O=C1c2oc3ccc(Br)cc3c(=O)c2[C@@H](c2cccc(Cl)c2)N1Cc1ccc(F)cc1. The van der Waals surface area contributed by atoms with Gasteiger partial charge in [-0.15, -0.1) is 0 Å². The predicted molar refractivity (Wildman–Crippen MR) is 120 cm³/mol. The summed E-state index contributed by atoms with van der Waals surface area (Å²) in [5.74, 6) is -0.738. The van der Waals surface area contributed by atoms with Gasteiger partial charge in [-0.2, -0.15) is 0 Å². The van der Waals surface area contributed by atoms with Crippen LogP contribution in [0.25, 0.3) is 11.0 Å².